The third-order valence-electron chi connectivity index (χ3n) is 3.64. The third-order valence-corrected chi connectivity index (χ3v) is 3.64. The number of amides is 1. The lowest BCUT2D eigenvalue weighted by atomic mass is 10.2. The minimum atomic E-state index is -1.02. The Hall–Kier alpha value is -3.29. The maximum absolute atomic E-state index is 13.3. The van der Waals surface area contributed by atoms with E-state index in [9.17, 15) is 13.6 Å². The fourth-order valence-corrected chi connectivity index (χ4v) is 2.23. The number of pyridine rings is 1. The number of aromatic amines is 1. The second-order valence-electron chi connectivity index (χ2n) is 5.46. The van der Waals surface area contributed by atoms with E-state index in [-0.39, 0.29) is 29.8 Å². The quantitative estimate of drug-likeness (QED) is 0.708. The van der Waals surface area contributed by atoms with Gasteiger partial charge in [0.15, 0.2) is 11.6 Å². The Kier molecular flexibility index (Phi) is 5.21. The molecule has 0 unspecified atom stereocenters. The lowest BCUT2D eigenvalue weighted by Gasteiger charge is -2.10. The Morgan fingerprint density at radius 3 is 2.81 bits per heavy atom. The van der Waals surface area contributed by atoms with Gasteiger partial charge in [-0.05, 0) is 30.7 Å². The molecule has 0 aliphatic rings. The average molecular weight is 358 g/mol. The number of carbonyl (C=O) groups is 1. The van der Waals surface area contributed by atoms with Crippen LogP contribution in [0.4, 0.5) is 8.78 Å². The van der Waals surface area contributed by atoms with Crippen molar-refractivity contribution >= 4 is 5.91 Å². The first kappa shape index (κ1) is 17.5. The Morgan fingerprint density at radius 1 is 1.23 bits per heavy atom. The molecule has 3 rings (SSSR count). The summed E-state index contributed by atoms with van der Waals surface area (Å²) in [7, 11) is 0. The van der Waals surface area contributed by atoms with Gasteiger partial charge in [0.2, 0.25) is 5.88 Å². The smallest absolute Gasteiger partial charge is 0.272 e. The molecule has 0 radical (unpaired) electrons. The highest BCUT2D eigenvalue weighted by molar-refractivity contribution is 5.92. The van der Waals surface area contributed by atoms with Gasteiger partial charge in [-0.25, -0.2) is 13.8 Å². The monoisotopic (exact) mass is 358 g/mol. The maximum Gasteiger partial charge on any atom is 0.272 e. The van der Waals surface area contributed by atoms with Crippen LogP contribution >= 0.6 is 0 Å². The molecule has 0 atom stereocenters. The van der Waals surface area contributed by atoms with Crippen LogP contribution in [-0.2, 0) is 13.0 Å². The molecule has 1 amide bonds. The molecular weight excluding hydrogens is 342 g/mol. The van der Waals surface area contributed by atoms with Crippen LogP contribution in [0.5, 0.6) is 11.6 Å². The Morgan fingerprint density at radius 2 is 2.08 bits per heavy atom. The molecule has 2 heterocycles. The van der Waals surface area contributed by atoms with E-state index in [4.69, 9.17) is 4.74 Å². The number of benzene rings is 1. The summed E-state index contributed by atoms with van der Waals surface area (Å²) in [6.45, 7) is 2.09. The highest BCUT2D eigenvalue weighted by atomic mass is 19.2. The van der Waals surface area contributed by atoms with E-state index in [1.54, 1.807) is 18.2 Å². The number of carbonyl (C=O) groups excluding carboxylic acids is 1. The summed E-state index contributed by atoms with van der Waals surface area (Å²) in [4.78, 5) is 16.2. The molecule has 134 valence electrons. The number of aromatic nitrogens is 3. The largest absolute Gasteiger partial charge is 0.439 e. The summed E-state index contributed by atoms with van der Waals surface area (Å²) in [5, 5.41) is 9.44. The minimum Gasteiger partial charge on any atom is -0.439 e. The van der Waals surface area contributed by atoms with E-state index in [1.165, 1.54) is 12.3 Å². The van der Waals surface area contributed by atoms with E-state index < -0.39 is 11.6 Å². The topological polar surface area (TPSA) is 79.9 Å². The second kappa shape index (κ2) is 7.73. The van der Waals surface area contributed by atoms with Crippen LogP contribution in [0, 0.1) is 11.6 Å². The Bertz CT molecular complexity index is 927. The highest BCUT2D eigenvalue weighted by Gasteiger charge is 2.13. The van der Waals surface area contributed by atoms with Crippen LogP contribution in [0.25, 0.3) is 0 Å². The first-order chi connectivity index (χ1) is 12.6. The van der Waals surface area contributed by atoms with Crippen LogP contribution in [0.3, 0.4) is 0 Å². The van der Waals surface area contributed by atoms with Gasteiger partial charge in [0.25, 0.3) is 5.91 Å². The molecule has 0 spiro atoms. The van der Waals surface area contributed by atoms with Crippen LogP contribution < -0.4 is 10.1 Å². The van der Waals surface area contributed by atoms with Crippen molar-refractivity contribution in [2.45, 2.75) is 19.9 Å². The lowest BCUT2D eigenvalue weighted by Crippen LogP contribution is -2.23. The van der Waals surface area contributed by atoms with E-state index in [0.29, 0.717) is 5.56 Å². The number of aryl methyl sites for hydroxylation is 1. The molecule has 8 heteroatoms. The summed E-state index contributed by atoms with van der Waals surface area (Å²) in [6, 6.07) is 8.27. The van der Waals surface area contributed by atoms with Gasteiger partial charge in [-0.2, -0.15) is 5.10 Å². The maximum atomic E-state index is 13.3. The molecule has 0 bridgehead atoms. The van der Waals surface area contributed by atoms with Crippen LogP contribution in [0.2, 0.25) is 0 Å². The van der Waals surface area contributed by atoms with Gasteiger partial charge in [0.05, 0.1) is 0 Å². The molecule has 0 saturated carbocycles. The SMILES string of the molecule is CCc1cc(C(=O)NCc2cccnc2Oc2ccc(F)c(F)c2)n[nH]1. The highest BCUT2D eigenvalue weighted by Crippen LogP contribution is 2.24. The molecular formula is C18H16F2N4O2. The van der Waals surface area contributed by atoms with Gasteiger partial charge in [-0.1, -0.05) is 13.0 Å². The van der Waals surface area contributed by atoms with E-state index in [1.807, 2.05) is 6.92 Å². The van der Waals surface area contributed by atoms with Crippen molar-refractivity contribution in [1.82, 2.24) is 20.5 Å². The van der Waals surface area contributed by atoms with Gasteiger partial charge in [-0.15, -0.1) is 0 Å². The van der Waals surface area contributed by atoms with Gasteiger partial charge in [0, 0.05) is 30.1 Å². The normalized spacial score (nSPS) is 10.6. The van der Waals surface area contributed by atoms with Crippen molar-refractivity contribution in [2.75, 3.05) is 0 Å². The van der Waals surface area contributed by atoms with Crippen molar-refractivity contribution in [1.29, 1.82) is 0 Å². The van der Waals surface area contributed by atoms with Gasteiger partial charge in [-0.3, -0.25) is 9.89 Å². The van der Waals surface area contributed by atoms with Crippen LogP contribution in [-0.4, -0.2) is 21.1 Å². The van der Waals surface area contributed by atoms with Crippen molar-refractivity contribution < 1.29 is 18.3 Å². The molecule has 2 aromatic heterocycles. The second-order valence-corrected chi connectivity index (χ2v) is 5.46. The molecule has 0 aliphatic heterocycles. The van der Waals surface area contributed by atoms with Gasteiger partial charge >= 0.3 is 0 Å². The zero-order valence-electron chi connectivity index (χ0n) is 13.9. The molecule has 0 aliphatic carbocycles. The lowest BCUT2D eigenvalue weighted by molar-refractivity contribution is 0.0945. The van der Waals surface area contributed by atoms with Crippen LogP contribution in [0.15, 0.2) is 42.6 Å². The number of nitrogens with one attached hydrogen (secondary N) is 2. The number of hydrogen-bond acceptors (Lipinski definition) is 4. The summed E-state index contributed by atoms with van der Waals surface area (Å²) in [5.74, 6) is -2.02. The number of ether oxygens (including phenoxy) is 1. The Labute approximate surface area is 148 Å². The molecule has 0 saturated heterocycles. The molecule has 2 N–H and O–H groups in total. The van der Waals surface area contributed by atoms with E-state index in [0.717, 1.165) is 24.2 Å². The number of H-pyrrole nitrogens is 1. The fraction of sp³-hybridized carbons (Fsp3) is 0.167. The summed E-state index contributed by atoms with van der Waals surface area (Å²) < 4.78 is 31.8. The van der Waals surface area contributed by atoms with Gasteiger partial charge in [0.1, 0.15) is 11.4 Å². The predicted octanol–water partition coefficient (Wildman–Crippen LogP) is 3.37. The fourth-order valence-electron chi connectivity index (χ4n) is 2.23. The zero-order valence-corrected chi connectivity index (χ0v) is 13.9. The van der Waals surface area contributed by atoms with E-state index >= 15 is 0 Å². The summed E-state index contributed by atoms with van der Waals surface area (Å²) in [6.07, 6.45) is 2.25. The number of nitrogens with zero attached hydrogens (tertiary/aromatic N) is 2. The number of hydrogen-bond donors (Lipinski definition) is 2. The number of rotatable bonds is 6. The Balaban J connectivity index is 1.70. The molecule has 3 aromatic rings. The zero-order chi connectivity index (χ0) is 18.5. The van der Waals surface area contributed by atoms with Crippen molar-refractivity contribution in [3.63, 3.8) is 0 Å². The molecule has 6 nitrogen and oxygen atoms in total. The molecule has 26 heavy (non-hydrogen) atoms. The van der Waals surface area contributed by atoms with Gasteiger partial charge < -0.3 is 10.1 Å². The average Bonchev–Trinajstić information content (AvgIpc) is 3.13. The summed E-state index contributed by atoms with van der Waals surface area (Å²) in [5.41, 5.74) is 1.73. The van der Waals surface area contributed by atoms with Crippen molar-refractivity contribution in [2.24, 2.45) is 0 Å². The minimum absolute atomic E-state index is 0.107. The molecule has 0 fully saturated rings. The van der Waals surface area contributed by atoms with Crippen LogP contribution in [0.1, 0.15) is 28.7 Å². The van der Waals surface area contributed by atoms with E-state index in [2.05, 4.69) is 20.5 Å². The van der Waals surface area contributed by atoms with Crippen molar-refractivity contribution in [3.05, 3.63) is 71.2 Å². The standard InChI is InChI=1S/C18H16F2N4O2/c1-2-12-8-16(24-23-12)17(25)22-10-11-4-3-7-21-18(11)26-13-5-6-14(19)15(20)9-13/h3-9H,2,10H2,1H3,(H,22,25)(H,23,24). The number of halogens is 2. The molecule has 1 aromatic carbocycles. The first-order valence-electron chi connectivity index (χ1n) is 7.96. The third kappa shape index (κ3) is 4.02. The van der Waals surface area contributed by atoms with Crippen molar-refractivity contribution in [3.8, 4) is 11.6 Å². The summed E-state index contributed by atoms with van der Waals surface area (Å²) >= 11 is 0. The predicted molar refractivity (Wildman–Crippen MR) is 89.8 cm³/mol. The first-order valence-corrected chi connectivity index (χ1v) is 7.96.